The topological polar surface area (TPSA) is 129 Å². The van der Waals surface area contributed by atoms with Crippen LogP contribution in [0.1, 0.15) is 24.3 Å². The molecule has 2 atom stereocenters. The number of ketones is 1. The van der Waals surface area contributed by atoms with Crippen molar-refractivity contribution in [1.29, 1.82) is 0 Å². The zero-order valence-corrected chi connectivity index (χ0v) is 20.5. The van der Waals surface area contributed by atoms with Crippen molar-refractivity contribution in [3.05, 3.63) is 75.4 Å². The first-order valence-corrected chi connectivity index (χ1v) is 11.6. The van der Waals surface area contributed by atoms with Crippen LogP contribution in [0.4, 0.5) is 22.4 Å². The van der Waals surface area contributed by atoms with Gasteiger partial charge in [-0.1, -0.05) is 29.8 Å². The molecule has 3 aromatic rings. The third kappa shape index (κ3) is 7.42. The molecule has 0 saturated heterocycles. The molecule has 9 nitrogen and oxygen atoms in total. The number of halogens is 5. The predicted molar refractivity (Wildman–Crippen MR) is 128 cm³/mol. The van der Waals surface area contributed by atoms with Gasteiger partial charge in [-0.2, -0.15) is 13.2 Å². The molecule has 0 aliphatic rings. The van der Waals surface area contributed by atoms with E-state index in [1.165, 1.54) is 42.5 Å². The first-order chi connectivity index (χ1) is 17.9. The lowest BCUT2D eigenvalue weighted by molar-refractivity contribution is -0.207. The van der Waals surface area contributed by atoms with E-state index in [-0.39, 0.29) is 36.4 Å². The number of amides is 1. The number of nitrogens with two attached hydrogens (primary N) is 1. The minimum absolute atomic E-state index is 0.0345. The zero-order valence-electron chi connectivity index (χ0n) is 19.7. The summed E-state index contributed by atoms with van der Waals surface area (Å²) in [5.74, 6) is -2.17. The number of hydrogen-bond donors (Lipinski definition) is 2. The van der Waals surface area contributed by atoms with Gasteiger partial charge >= 0.3 is 18.0 Å². The highest BCUT2D eigenvalue weighted by atomic mass is 35.5. The number of rotatable bonds is 11. The Kier molecular flexibility index (Phi) is 9.28. The number of hydrogen-bond acceptors (Lipinski definition) is 6. The van der Waals surface area contributed by atoms with E-state index in [0.29, 0.717) is 14.3 Å². The third-order valence-corrected chi connectivity index (χ3v) is 5.87. The van der Waals surface area contributed by atoms with Gasteiger partial charge in [0.15, 0.2) is 17.7 Å². The monoisotopic (exact) mass is 558 g/mol. The van der Waals surface area contributed by atoms with Crippen LogP contribution in [0.25, 0.3) is 11.4 Å². The van der Waals surface area contributed by atoms with Crippen molar-refractivity contribution in [3.63, 3.8) is 0 Å². The molecule has 3 N–H and O–H groups in total. The van der Waals surface area contributed by atoms with E-state index in [9.17, 15) is 37.1 Å². The van der Waals surface area contributed by atoms with E-state index in [1.807, 2.05) is 0 Å². The molecule has 2 aromatic carbocycles. The molecule has 204 valence electrons. The number of carbonyl (C=O) groups excluding carboxylic acids is 2. The number of Topliss-reactive ketones (excluding diaryl/α,β-unsaturated/α-hetero) is 1. The Morgan fingerprint density at radius 1 is 1.13 bits per heavy atom. The third-order valence-electron chi connectivity index (χ3n) is 5.61. The second-order valence-electron chi connectivity index (χ2n) is 8.36. The molecule has 0 radical (unpaired) electrons. The van der Waals surface area contributed by atoms with Crippen LogP contribution in [-0.2, 0) is 22.6 Å². The van der Waals surface area contributed by atoms with Crippen LogP contribution in [0.3, 0.4) is 0 Å². The van der Waals surface area contributed by atoms with Gasteiger partial charge < -0.3 is 15.6 Å². The number of alkyl halides is 3. The summed E-state index contributed by atoms with van der Waals surface area (Å²) in [5.41, 5.74) is 4.28. The number of aromatic nitrogens is 3. The molecule has 3 rings (SSSR count). The van der Waals surface area contributed by atoms with Gasteiger partial charge in [-0.15, -0.1) is 5.10 Å². The van der Waals surface area contributed by atoms with E-state index >= 15 is 0 Å². The lowest BCUT2D eigenvalue weighted by atomic mass is 9.90. The summed E-state index contributed by atoms with van der Waals surface area (Å²) in [6.45, 7) is -2.00. The maximum Gasteiger partial charge on any atom is 0.416 e. The number of aliphatic hydroxyl groups excluding tert-OH is 1. The minimum atomic E-state index is -5.01. The number of primary amides is 1. The molecule has 0 bridgehead atoms. The first-order valence-electron chi connectivity index (χ1n) is 11.2. The molecule has 1 heterocycles. The van der Waals surface area contributed by atoms with Crippen molar-refractivity contribution in [2.24, 2.45) is 5.73 Å². The Bertz CT molecular complexity index is 1340. The van der Waals surface area contributed by atoms with Crippen molar-refractivity contribution in [3.8, 4) is 11.4 Å². The summed E-state index contributed by atoms with van der Waals surface area (Å²) >= 11 is 5.86. The Morgan fingerprint density at radius 2 is 1.79 bits per heavy atom. The summed E-state index contributed by atoms with van der Waals surface area (Å²) in [7, 11) is 0. The normalized spacial score (nSPS) is 13.2. The van der Waals surface area contributed by atoms with Crippen LogP contribution in [0, 0.1) is 5.82 Å². The average Bonchev–Trinajstić information content (AvgIpc) is 3.13. The quantitative estimate of drug-likeness (QED) is 0.346. The molecule has 14 heteroatoms. The van der Waals surface area contributed by atoms with E-state index in [0.717, 1.165) is 0 Å². The molecule has 1 aromatic heterocycles. The lowest BCUT2D eigenvalue weighted by Crippen LogP contribution is -2.37. The molecule has 1 unspecified atom stereocenters. The predicted octanol–water partition coefficient (Wildman–Crippen LogP) is 3.66. The number of carbonyl (C=O) groups is 2. The van der Waals surface area contributed by atoms with Gasteiger partial charge in [-0.05, 0) is 48.2 Å². The number of benzene rings is 2. The maximum absolute atomic E-state index is 14.4. The van der Waals surface area contributed by atoms with E-state index in [1.54, 1.807) is 6.07 Å². The van der Waals surface area contributed by atoms with Crippen LogP contribution < -0.4 is 11.4 Å². The number of ether oxygens (including phenoxy) is 1. The summed E-state index contributed by atoms with van der Waals surface area (Å²) in [6, 6.07) is 11.4. The van der Waals surface area contributed by atoms with Crippen molar-refractivity contribution >= 4 is 23.5 Å². The van der Waals surface area contributed by atoms with Crippen LogP contribution in [0.5, 0.6) is 0 Å². The Morgan fingerprint density at radius 3 is 2.39 bits per heavy atom. The summed E-state index contributed by atoms with van der Waals surface area (Å²) in [6.07, 6.45) is -9.18. The summed E-state index contributed by atoms with van der Waals surface area (Å²) in [4.78, 5) is 36.8. The highest BCUT2D eigenvalue weighted by Crippen LogP contribution is 2.27. The highest BCUT2D eigenvalue weighted by molar-refractivity contribution is 6.30. The van der Waals surface area contributed by atoms with Crippen molar-refractivity contribution in [1.82, 2.24) is 14.3 Å². The molecule has 0 fully saturated rings. The summed E-state index contributed by atoms with van der Waals surface area (Å²) < 4.78 is 59.5. The van der Waals surface area contributed by atoms with Gasteiger partial charge in [0, 0.05) is 17.0 Å². The van der Waals surface area contributed by atoms with Gasteiger partial charge in [-0.3, -0.25) is 9.36 Å². The van der Waals surface area contributed by atoms with Crippen LogP contribution >= 0.6 is 11.6 Å². The highest BCUT2D eigenvalue weighted by Gasteiger charge is 2.39. The number of aliphatic hydroxyl groups is 1. The van der Waals surface area contributed by atoms with Crippen molar-refractivity contribution < 1.29 is 37.0 Å². The van der Waals surface area contributed by atoms with Crippen LogP contribution in [-0.4, -0.2) is 50.2 Å². The van der Waals surface area contributed by atoms with Crippen LogP contribution in [0.15, 0.2) is 53.3 Å². The largest absolute Gasteiger partial charge is 0.450 e. The van der Waals surface area contributed by atoms with Crippen LogP contribution in [0.2, 0.25) is 5.02 Å². The van der Waals surface area contributed by atoms with Gasteiger partial charge in [0.25, 0.3) is 0 Å². The van der Waals surface area contributed by atoms with E-state index in [4.69, 9.17) is 22.1 Å². The SMILES string of the molecule is NC(=O)OCCC(CC(=O)Cn1nc(-c2ccc(Cl)cc2)n(C[C@H](O)C(F)(F)F)c1=O)c1ccccc1F. The Labute approximate surface area is 218 Å². The smallest absolute Gasteiger partial charge is 0.416 e. The Balaban J connectivity index is 1.90. The van der Waals surface area contributed by atoms with E-state index < -0.39 is 54.7 Å². The van der Waals surface area contributed by atoms with E-state index in [2.05, 4.69) is 5.10 Å². The molecule has 1 amide bonds. The van der Waals surface area contributed by atoms with Gasteiger partial charge in [0.05, 0.1) is 13.2 Å². The van der Waals surface area contributed by atoms with Gasteiger partial charge in [0.2, 0.25) is 0 Å². The first kappa shape index (κ1) is 28.9. The molecule has 0 aliphatic heterocycles. The van der Waals surface area contributed by atoms with Crippen molar-refractivity contribution in [2.45, 2.75) is 44.1 Å². The molecular weight excluding hydrogens is 536 g/mol. The van der Waals surface area contributed by atoms with Crippen molar-refractivity contribution in [2.75, 3.05) is 6.61 Å². The van der Waals surface area contributed by atoms with Gasteiger partial charge in [0.1, 0.15) is 12.4 Å². The zero-order chi connectivity index (χ0) is 28.0. The lowest BCUT2D eigenvalue weighted by Gasteiger charge is -2.17. The second kappa shape index (κ2) is 12.2. The average molecular weight is 559 g/mol. The molecule has 38 heavy (non-hydrogen) atoms. The molecule has 0 spiro atoms. The second-order valence-corrected chi connectivity index (χ2v) is 8.79. The minimum Gasteiger partial charge on any atom is -0.450 e. The maximum atomic E-state index is 14.4. The fourth-order valence-electron chi connectivity index (χ4n) is 3.78. The molecule has 0 aliphatic carbocycles. The fourth-order valence-corrected chi connectivity index (χ4v) is 3.91. The summed E-state index contributed by atoms with van der Waals surface area (Å²) in [5, 5.41) is 13.9. The standard InChI is InChI=1S/C24H23ClF4N4O5/c25-16-7-5-14(6-8-16)21-31-33(23(37)32(21)13-20(35)24(27,28)29)12-17(34)11-15(9-10-38-22(30)36)18-3-1-2-4-19(18)26/h1-8,15,20,35H,9-13H2,(H2,30,36)/t15?,20-/m0/s1. The molecule has 0 saturated carbocycles. The van der Waals surface area contributed by atoms with Gasteiger partial charge in [-0.25, -0.2) is 18.7 Å². The fraction of sp³-hybridized carbons (Fsp3) is 0.333. The number of nitrogens with zero attached hydrogens (tertiary/aromatic N) is 3. The Hall–Kier alpha value is -3.71. The molecular formula is C24H23ClF4N4O5.